The van der Waals surface area contributed by atoms with E-state index in [1.165, 1.54) is 12.8 Å². The molecule has 4 heteroatoms. The molecule has 0 spiro atoms. The maximum atomic E-state index is 12.2. The second-order valence-corrected chi connectivity index (χ2v) is 7.49. The standard InChI is InChI=1S/C16H31N3O/c1-12-5-4-8-19(10-12)16(2,3)11-18-15(20)13-6-7-14(17)9-13/h12-14H,4-11,17H2,1-3H3,(H,18,20). The van der Waals surface area contributed by atoms with E-state index >= 15 is 0 Å². The number of carbonyl (C=O) groups is 1. The van der Waals surface area contributed by atoms with Gasteiger partial charge in [-0.15, -0.1) is 0 Å². The second-order valence-electron chi connectivity index (χ2n) is 7.49. The van der Waals surface area contributed by atoms with Crippen LogP contribution >= 0.6 is 0 Å². The number of likely N-dealkylation sites (tertiary alicyclic amines) is 1. The summed E-state index contributed by atoms with van der Waals surface area (Å²) >= 11 is 0. The average molecular weight is 281 g/mol. The van der Waals surface area contributed by atoms with Crippen LogP contribution in [0.1, 0.15) is 52.9 Å². The van der Waals surface area contributed by atoms with Crippen molar-refractivity contribution in [3.63, 3.8) is 0 Å². The summed E-state index contributed by atoms with van der Waals surface area (Å²) in [4.78, 5) is 14.7. The molecule has 1 heterocycles. The number of nitrogens with two attached hydrogens (primary N) is 1. The average Bonchev–Trinajstić information content (AvgIpc) is 2.83. The number of piperidine rings is 1. The molecular weight excluding hydrogens is 250 g/mol. The zero-order chi connectivity index (χ0) is 14.8. The lowest BCUT2D eigenvalue weighted by molar-refractivity contribution is -0.125. The van der Waals surface area contributed by atoms with E-state index in [9.17, 15) is 4.79 Å². The monoisotopic (exact) mass is 281 g/mol. The van der Waals surface area contributed by atoms with E-state index in [4.69, 9.17) is 5.73 Å². The molecule has 1 saturated carbocycles. The summed E-state index contributed by atoms with van der Waals surface area (Å²) in [5.41, 5.74) is 5.94. The highest BCUT2D eigenvalue weighted by Crippen LogP contribution is 2.26. The highest BCUT2D eigenvalue weighted by Gasteiger charge is 2.32. The number of hydrogen-bond acceptors (Lipinski definition) is 3. The van der Waals surface area contributed by atoms with E-state index in [0.29, 0.717) is 0 Å². The van der Waals surface area contributed by atoms with Gasteiger partial charge >= 0.3 is 0 Å². The Labute approximate surface area is 123 Å². The predicted molar refractivity (Wildman–Crippen MR) is 82.4 cm³/mol. The molecule has 2 fully saturated rings. The van der Waals surface area contributed by atoms with Gasteiger partial charge in [0.15, 0.2) is 0 Å². The van der Waals surface area contributed by atoms with Gasteiger partial charge in [0.05, 0.1) is 0 Å². The fourth-order valence-electron chi connectivity index (χ4n) is 3.55. The molecule has 20 heavy (non-hydrogen) atoms. The zero-order valence-corrected chi connectivity index (χ0v) is 13.3. The molecule has 4 nitrogen and oxygen atoms in total. The maximum absolute atomic E-state index is 12.2. The minimum Gasteiger partial charge on any atom is -0.354 e. The Kier molecular flexibility index (Phi) is 5.08. The summed E-state index contributed by atoms with van der Waals surface area (Å²) in [6.07, 6.45) is 5.40. The Bertz CT molecular complexity index is 343. The summed E-state index contributed by atoms with van der Waals surface area (Å²) in [5.74, 6) is 1.11. The van der Waals surface area contributed by atoms with E-state index in [1.54, 1.807) is 0 Å². The van der Waals surface area contributed by atoms with Crippen LogP contribution in [0.25, 0.3) is 0 Å². The van der Waals surface area contributed by atoms with Crippen LogP contribution in [0.4, 0.5) is 0 Å². The summed E-state index contributed by atoms with van der Waals surface area (Å²) in [6.45, 7) is 9.85. The van der Waals surface area contributed by atoms with E-state index in [1.807, 2.05) is 0 Å². The summed E-state index contributed by atoms with van der Waals surface area (Å²) in [7, 11) is 0. The van der Waals surface area contributed by atoms with Crippen LogP contribution in [0.3, 0.4) is 0 Å². The molecule has 1 saturated heterocycles. The Morgan fingerprint density at radius 1 is 1.35 bits per heavy atom. The smallest absolute Gasteiger partial charge is 0.223 e. The minimum absolute atomic E-state index is 0.0467. The number of nitrogens with one attached hydrogen (secondary N) is 1. The van der Waals surface area contributed by atoms with Crippen molar-refractivity contribution in [1.82, 2.24) is 10.2 Å². The minimum atomic E-state index is 0.0467. The quantitative estimate of drug-likeness (QED) is 0.825. The molecule has 0 aromatic carbocycles. The summed E-state index contributed by atoms with van der Waals surface area (Å²) in [5, 5.41) is 3.16. The Morgan fingerprint density at radius 3 is 2.70 bits per heavy atom. The van der Waals surface area contributed by atoms with Crippen LogP contribution in [0.2, 0.25) is 0 Å². The molecule has 3 atom stereocenters. The van der Waals surface area contributed by atoms with E-state index in [0.717, 1.165) is 44.8 Å². The van der Waals surface area contributed by atoms with Crippen molar-refractivity contribution in [3.8, 4) is 0 Å². The lowest BCUT2D eigenvalue weighted by atomic mass is 9.93. The number of nitrogens with zero attached hydrogens (tertiary/aromatic N) is 1. The zero-order valence-electron chi connectivity index (χ0n) is 13.3. The molecule has 1 aliphatic heterocycles. The molecule has 0 radical (unpaired) electrons. The van der Waals surface area contributed by atoms with Crippen LogP contribution in [-0.4, -0.2) is 42.0 Å². The second kappa shape index (κ2) is 6.44. The van der Waals surface area contributed by atoms with Gasteiger partial charge in [0, 0.05) is 30.6 Å². The number of hydrogen-bond donors (Lipinski definition) is 2. The van der Waals surface area contributed by atoms with Crippen molar-refractivity contribution in [2.45, 2.75) is 64.5 Å². The predicted octanol–water partition coefficient (Wildman–Crippen LogP) is 1.74. The third-order valence-corrected chi connectivity index (χ3v) is 5.05. The van der Waals surface area contributed by atoms with Crippen LogP contribution in [0, 0.1) is 11.8 Å². The molecule has 0 aromatic rings. The van der Waals surface area contributed by atoms with Gasteiger partial charge in [-0.2, -0.15) is 0 Å². The number of amides is 1. The lowest BCUT2D eigenvalue weighted by Gasteiger charge is -2.43. The van der Waals surface area contributed by atoms with E-state index in [-0.39, 0.29) is 23.4 Å². The Balaban J connectivity index is 1.80. The van der Waals surface area contributed by atoms with Crippen LogP contribution in [-0.2, 0) is 4.79 Å². The van der Waals surface area contributed by atoms with Crippen molar-refractivity contribution in [1.29, 1.82) is 0 Å². The molecule has 2 rings (SSSR count). The van der Waals surface area contributed by atoms with Gasteiger partial charge in [-0.3, -0.25) is 9.69 Å². The van der Waals surface area contributed by atoms with Crippen molar-refractivity contribution in [2.24, 2.45) is 17.6 Å². The largest absolute Gasteiger partial charge is 0.354 e. The molecule has 2 aliphatic rings. The van der Waals surface area contributed by atoms with E-state index in [2.05, 4.69) is 31.0 Å². The van der Waals surface area contributed by atoms with Crippen molar-refractivity contribution >= 4 is 5.91 Å². The normalized spacial score (nSPS) is 32.3. The van der Waals surface area contributed by atoms with Crippen molar-refractivity contribution < 1.29 is 4.79 Å². The van der Waals surface area contributed by atoms with Gasteiger partial charge in [0.2, 0.25) is 5.91 Å². The first kappa shape index (κ1) is 15.8. The van der Waals surface area contributed by atoms with Crippen LogP contribution in [0.15, 0.2) is 0 Å². The fourth-order valence-corrected chi connectivity index (χ4v) is 3.55. The fraction of sp³-hybridized carbons (Fsp3) is 0.938. The highest BCUT2D eigenvalue weighted by molar-refractivity contribution is 5.79. The van der Waals surface area contributed by atoms with Gasteiger partial charge in [-0.05, 0) is 58.4 Å². The van der Waals surface area contributed by atoms with Gasteiger partial charge in [-0.1, -0.05) is 6.92 Å². The number of carbonyl (C=O) groups excluding carboxylic acids is 1. The first-order valence-electron chi connectivity index (χ1n) is 8.17. The molecule has 1 aliphatic carbocycles. The summed E-state index contributed by atoms with van der Waals surface area (Å²) < 4.78 is 0. The highest BCUT2D eigenvalue weighted by atomic mass is 16.1. The molecule has 1 amide bonds. The van der Waals surface area contributed by atoms with Gasteiger partial charge in [0.25, 0.3) is 0 Å². The molecule has 0 aromatic heterocycles. The maximum Gasteiger partial charge on any atom is 0.223 e. The van der Waals surface area contributed by atoms with Gasteiger partial charge in [0.1, 0.15) is 0 Å². The molecule has 3 unspecified atom stereocenters. The van der Waals surface area contributed by atoms with Crippen molar-refractivity contribution in [2.75, 3.05) is 19.6 Å². The molecule has 0 bridgehead atoms. The van der Waals surface area contributed by atoms with Gasteiger partial charge in [-0.25, -0.2) is 0 Å². The van der Waals surface area contributed by atoms with Gasteiger partial charge < -0.3 is 11.1 Å². The third-order valence-electron chi connectivity index (χ3n) is 5.05. The van der Waals surface area contributed by atoms with E-state index < -0.39 is 0 Å². The summed E-state index contributed by atoms with van der Waals surface area (Å²) in [6, 6.07) is 0.224. The molecular formula is C16H31N3O. The van der Waals surface area contributed by atoms with Crippen LogP contribution < -0.4 is 11.1 Å². The lowest BCUT2D eigenvalue weighted by Crippen LogP contribution is -2.55. The Morgan fingerprint density at radius 2 is 2.10 bits per heavy atom. The first-order valence-corrected chi connectivity index (χ1v) is 8.17. The van der Waals surface area contributed by atoms with Crippen LogP contribution in [0.5, 0.6) is 0 Å². The SMILES string of the molecule is CC1CCCN(C(C)(C)CNC(=O)C2CCC(N)C2)C1. The Hall–Kier alpha value is -0.610. The van der Waals surface area contributed by atoms with Crippen molar-refractivity contribution in [3.05, 3.63) is 0 Å². The number of rotatable bonds is 4. The topological polar surface area (TPSA) is 58.4 Å². The molecule has 3 N–H and O–H groups in total. The first-order chi connectivity index (χ1) is 9.38. The third kappa shape index (κ3) is 3.95. The molecule has 116 valence electrons.